The summed E-state index contributed by atoms with van der Waals surface area (Å²) >= 11 is 0. The maximum atomic E-state index is 13.3. The van der Waals surface area contributed by atoms with Crippen LogP contribution >= 0.6 is 0 Å². The van der Waals surface area contributed by atoms with Gasteiger partial charge < -0.3 is 47.9 Å². The van der Waals surface area contributed by atoms with E-state index in [0.717, 1.165) is 0 Å². The van der Waals surface area contributed by atoms with Gasteiger partial charge in [-0.3, -0.25) is 19.4 Å². The fraction of sp³-hybridized carbons (Fsp3) is 0.619. The molecule has 0 radical (unpaired) electrons. The van der Waals surface area contributed by atoms with Crippen molar-refractivity contribution in [2.75, 3.05) is 13.1 Å². The summed E-state index contributed by atoms with van der Waals surface area (Å²) in [6.07, 6.45) is 3.02. The molecule has 1 aromatic rings. The topological polar surface area (TPSA) is 255 Å². The first-order chi connectivity index (χ1) is 17.0. The summed E-state index contributed by atoms with van der Waals surface area (Å²) in [5, 5.41) is 24.6. The number of nitrogens with two attached hydrogens (primary N) is 3. The van der Waals surface area contributed by atoms with Crippen molar-refractivity contribution in [1.29, 1.82) is 0 Å². The smallest absolute Gasteiger partial charge is 0.326 e. The summed E-state index contributed by atoms with van der Waals surface area (Å²) in [6, 6.07) is -4.56. The Labute approximate surface area is 207 Å². The van der Waals surface area contributed by atoms with Crippen LogP contribution in [0.1, 0.15) is 38.3 Å². The largest absolute Gasteiger partial charge is 0.480 e. The SMILES string of the molecule is CC(O)C(NC(=O)C(N)CCCN=C(N)N)C(=O)NC(Cc1cnc[nH]1)C(=O)N1CCCC1C(=O)O. The normalized spacial score (nSPS) is 18.5. The van der Waals surface area contributed by atoms with Crippen LogP contribution in [0.25, 0.3) is 0 Å². The van der Waals surface area contributed by atoms with E-state index >= 15 is 0 Å². The lowest BCUT2D eigenvalue weighted by Crippen LogP contribution is -2.60. The third-order valence-corrected chi connectivity index (χ3v) is 5.78. The Morgan fingerprint density at radius 3 is 2.58 bits per heavy atom. The Hall–Kier alpha value is -3.72. The highest BCUT2D eigenvalue weighted by atomic mass is 16.4. The van der Waals surface area contributed by atoms with E-state index in [9.17, 15) is 29.4 Å². The molecule has 1 aliphatic rings. The molecule has 0 bridgehead atoms. The zero-order chi connectivity index (χ0) is 26.8. The minimum atomic E-state index is -1.41. The van der Waals surface area contributed by atoms with E-state index in [1.807, 2.05) is 0 Å². The van der Waals surface area contributed by atoms with Crippen molar-refractivity contribution >= 4 is 29.7 Å². The van der Waals surface area contributed by atoms with Gasteiger partial charge in [0.2, 0.25) is 17.7 Å². The van der Waals surface area contributed by atoms with Crippen molar-refractivity contribution in [3.63, 3.8) is 0 Å². The van der Waals surface area contributed by atoms with Crippen LogP contribution in [0, 0.1) is 0 Å². The van der Waals surface area contributed by atoms with Gasteiger partial charge in [-0.05, 0) is 32.6 Å². The van der Waals surface area contributed by atoms with Crippen LogP contribution in [0.3, 0.4) is 0 Å². The number of aliphatic imine (C=N–C) groups is 1. The predicted molar refractivity (Wildman–Crippen MR) is 128 cm³/mol. The molecule has 0 aromatic carbocycles. The number of rotatable bonds is 13. The van der Waals surface area contributed by atoms with E-state index < -0.39 is 54.0 Å². The van der Waals surface area contributed by atoms with E-state index in [1.165, 1.54) is 24.3 Å². The Bertz CT molecular complexity index is 932. The number of nitrogens with one attached hydrogen (secondary N) is 3. The standard InChI is InChI=1S/C21H35N9O6/c1-11(31)16(29-17(32)13(22)4-2-6-26-21(23)24)18(33)28-14(8-12-9-25-10-27-12)19(34)30-7-3-5-15(30)20(35)36/h9-11,13-16,31H,2-8,22H2,1H3,(H,25,27)(H,28,33)(H,29,32)(H,35,36)(H4,23,24,26). The lowest BCUT2D eigenvalue weighted by Gasteiger charge is -2.29. The Morgan fingerprint density at radius 2 is 2.00 bits per heavy atom. The van der Waals surface area contributed by atoms with Crippen molar-refractivity contribution in [1.82, 2.24) is 25.5 Å². The number of carboxylic acids is 1. The summed E-state index contributed by atoms with van der Waals surface area (Å²) in [5.41, 5.74) is 16.9. The molecule has 11 N–H and O–H groups in total. The van der Waals surface area contributed by atoms with E-state index in [-0.39, 0.29) is 31.9 Å². The molecule has 15 heteroatoms. The Morgan fingerprint density at radius 1 is 1.28 bits per heavy atom. The maximum Gasteiger partial charge on any atom is 0.326 e. The monoisotopic (exact) mass is 509 g/mol. The number of carbonyl (C=O) groups is 4. The number of aliphatic hydroxyl groups is 1. The van der Waals surface area contributed by atoms with Gasteiger partial charge >= 0.3 is 5.97 Å². The van der Waals surface area contributed by atoms with Crippen LogP contribution in [0.2, 0.25) is 0 Å². The molecule has 0 spiro atoms. The first kappa shape index (κ1) is 28.5. The van der Waals surface area contributed by atoms with E-state index in [0.29, 0.717) is 25.0 Å². The molecule has 1 fully saturated rings. The number of imidazole rings is 1. The first-order valence-electron chi connectivity index (χ1n) is 11.6. The minimum Gasteiger partial charge on any atom is -0.480 e. The van der Waals surface area contributed by atoms with Crippen LogP contribution in [0.15, 0.2) is 17.5 Å². The lowest BCUT2D eigenvalue weighted by molar-refractivity contribution is -0.149. The number of carbonyl (C=O) groups excluding carboxylic acids is 3. The summed E-state index contributed by atoms with van der Waals surface area (Å²) in [6.45, 7) is 1.81. The van der Waals surface area contributed by atoms with E-state index in [1.54, 1.807) is 0 Å². The van der Waals surface area contributed by atoms with Crippen LogP contribution in [0.4, 0.5) is 0 Å². The van der Waals surface area contributed by atoms with Crippen LogP contribution in [-0.4, -0.2) is 98.1 Å². The van der Waals surface area contributed by atoms with Crippen LogP contribution in [0.5, 0.6) is 0 Å². The van der Waals surface area contributed by atoms with Crippen molar-refractivity contribution < 1.29 is 29.4 Å². The van der Waals surface area contributed by atoms with Gasteiger partial charge in [0.1, 0.15) is 18.1 Å². The quantitative estimate of drug-likeness (QED) is 0.0748. The molecule has 5 unspecified atom stereocenters. The van der Waals surface area contributed by atoms with Gasteiger partial charge in [-0.25, -0.2) is 9.78 Å². The molecule has 15 nitrogen and oxygen atoms in total. The van der Waals surface area contributed by atoms with Crippen molar-refractivity contribution in [2.45, 2.75) is 69.3 Å². The highest BCUT2D eigenvalue weighted by Gasteiger charge is 2.39. The van der Waals surface area contributed by atoms with Gasteiger partial charge in [0.25, 0.3) is 0 Å². The molecule has 1 aromatic heterocycles. The average Bonchev–Trinajstić information content (AvgIpc) is 3.50. The number of hydrogen-bond acceptors (Lipinski definition) is 8. The first-order valence-corrected chi connectivity index (χ1v) is 11.6. The van der Waals surface area contributed by atoms with Gasteiger partial charge in [0, 0.05) is 31.4 Å². The van der Waals surface area contributed by atoms with Gasteiger partial charge in [-0.1, -0.05) is 0 Å². The molecule has 1 aliphatic heterocycles. The second-order valence-electron chi connectivity index (χ2n) is 8.65. The van der Waals surface area contributed by atoms with E-state index in [4.69, 9.17) is 17.2 Å². The highest BCUT2D eigenvalue weighted by Crippen LogP contribution is 2.19. The van der Waals surface area contributed by atoms with Crippen molar-refractivity contribution in [3.05, 3.63) is 18.2 Å². The number of H-pyrrole nitrogens is 1. The summed E-state index contributed by atoms with van der Waals surface area (Å²) in [4.78, 5) is 62.2. The third kappa shape index (κ3) is 8.20. The fourth-order valence-electron chi connectivity index (χ4n) is 3.88. The van der Waals surface area contributed by atoms with E-state index in [2.05, 4.69) is 25.6 Å². The fourth-order valence-corrected chi connectivity index (χ4v) is 3.88. The molecule has 2 heterocycles. The number of hydrogen-bond donors (Lipinski definition) is 8. The molecular weight excluding hydrogens is 474 g/mol. The van der Waals surface area contributed by atoms with Crippen molar-refractivity contribution in [2.24, 2.45) is 22.2 Å². The number of amides is 3. The van der Waals surface area contributed by atoms with Gasteiger partial charge in [-0.2, -0.15) is 0 Å². The Balaban J connectivity index is 2.10. The molecule has 0 saturated carbocycles. The molecule has 5 atom stereocenters. The number of guanidine groups is 1. The Kier molecular flexibility index (Phi) is 10.6. The zero-order valence-corrected chi connectivity index (χ0v) is 20.1. The third-order valence-electron chi connectivity index (χ3n) is 5.78. The minimum absolute atomic E-state index is 0.00179. The van der Waals surface area contributed by atoms with Crippen LogP contribution < -0.4 is 27.8 Å². The molecule has 0 aliphatic carbocycles. The molecular formula is C21H35N9O6. The molecule has 200 valence electrons. The van der Waals surface area contributed by atoms with Crippen molar-refractivity contribution in [3.8, 4) is 0 Å². The second kappa shape index (κ2) is 13.4. The lowest BCUT2D eigenvalue weighted by atomic mass is 10.1. The van der Waals surface area contributed by atoms with Crippen LogP contribution in [-0.2, 0) is 25.6 Å². The zero-order valence-electron chi connectivity index (χ0n) is 20.1. The molecule has 2 rings (SSSR count). The molecule has 3 amide bonds. The number of aromatic amines is 1. The second-order valence-corrected chi connectivity index (χ2v) is 8.65. The summed E-state index contributed by atoms with van der Waals surface area (Å²) < 4.78 is 0. The number of likely N-dealkylation sites (tertiary alicyclic amines) is 1. The average molecular weight is 510 g/mol. The molecule has 1 saturated heterocycles. The summed E-state index contributed by atoms with van der Waals surface area (Å²) in [5.74, 6) is -3.30. The number of aliphatic hydroxyl groups excluding tert-OH is 1. The number of aliphatic carboxylic acids is 1. The maximum absolute atomic E-state index is 13.3. The van der Waals surface area contributed by atoms with Gasteiger partial charge in [0.05, 0.1) is 18.5 Å². The number of nitrogens with zero attached hydrogens (tertiary/aromatic N) is 3. The molecule has 36 heavy (non-hydrogen) atoms. The summed E-state index contributed by atoms with van der Waals surface area (Å²) in [7, 11) is 0. The number of carboxylic acid groups (broad SMARTS) is 1. The van der Waals surface area contributed by atoms with Gasteiger partial charge in [0.15, 0.2) is 5.96 Å². The number of aromatic nitrogens is 2. The predicted octanol–water partition coefficient (Wildman–Crippen LogP) is -3.24. The highest BCUT2D eigenvalue weighted by molar-refractivity contribution is 5.94. The van der Waals surface area contributed by atoms with Gasteiger partial charge in [-0.15, -0.1) is 0 Å².